The molecule has 0 saturated heterocycles. The Morgan fingerprint density at radius 2 is 1.67 bits per heavy atom. The normalized spacial score (nSPS) is 12.5. The Kier molecular flexibility index (Phi) is 6.40. The molecule has 0 saturated carbocycles. The number of carbonyl (C=O) groups is 3. The second kappa shape index (κ2) is 9.56. The van der Waals surface area contributed by atoms with E-state index in [0.29, 0.717) is 46.2 Å². The van der Waals surface area contributed by atoms with Crippen molar-refractivity contribution in [2.24, 2.45) is 0 Å². The van der Waals surface area contributed by atoms with Crippen molar-refractivity contribution < 1.29 is 23.9 Å². The summed E-state index contributed by atoms with van der Waals surface area (Å²) in [6, 6.07) is 18.4. The maximum atomic E-state index is 12.8. The Morgan fingerprint density at radius 1 is 0.939 bits per heavy atom. The van der Waals surface area contributed by atoms with Crippen LogP contribution in [-0.4, -0.2) is 31.4 Å². The first-order valence-corrected chi connectivity index (χ1v) is 10.7. The smallest absolute Gasteiger partial charge is 0.266 e. The Bertz CT molecular complexity index is 1190. The van der Waals surface area contributed by atoms with Crippen LogP contribution in [0.15, 0.2) is 66.7 Å². The number of imide groups is 1. The van der Waals surface area contributed by atoms with Crippen LogP contribution in [0.4, 0.5) is 11.4 Å². The van der Waals surface area contributed by atoms with Gasteiger partial charge < -0.3 is 14.8 Å². The molecule has 0 aromatic heterocycles. The van der Waals surface area contributed by atoms with E-state index in [9.17, 15) is 14.4 Å². The lowest BCUT2D eigenvalue weighted by Crippen LogP contribution is -2.29. The number of amides is 3. The summed E-state index contributed by atoms with van der Waals surface area (Å²) < 4.78 is 11.1. The number of hydrogen-bond acceptors (Lipinski definition) is 5. The van der Waals surface area contributed by atoms with Crippen LogP contribution in [0.5, 0.6) is 11.5 Å². The van der Waals surface area contributed by atoms with Gasteiger partial charge in [-0.15, -0.1) is 0 Å². The fourth-order valence-electron chi connectivity index (χ4n) is 3.61. The molecule has 0 spiro atoms. The topological polar surface area (TPSA) is 84.9 Å². The van der Waals surface area contributed by atoms with Gasteiger partial charge >= 0.3 is 0 Å². The van der Waals surface area contributed by atoms with Crippen molar-refractivity contribution in [3.63, 3.8) is 0 Å². The van der Waals surface area contributed by atoms with E-state index in [1.165, 1.54) is 7.11 Å². The summed E-state index contributed by atoms with van der Waals surface area (Å²) in [6.07, 6.45) is 1.97. The van der Waals surface area contributed by atoms with Crippen LogP contribution < -0.4 is 19.7 Å². The molecule has 33 heavy (non-hydrogen) atoms. The molecule has 1 aliphatic rings. The van der Waals surface area contributed by atoms with Gasteiger partial charge in [-0.05, 0) is 48.9 Å². The molecule has 0 fully saturated rings. The monoisotopic (exact) mass is 444 g/mol. The van der Waals surface area contributed by atoms with Gasteiger partial charge in [0, 0.05) is 17.3 Å². The van der Waals surface area contributed by atoms with Crippen LogP contribution in [0, 0.1) is 0 Å². The Balaban J connectivity index is 1.54. The van der Waals surface area contributed by atoms with Gasteiger partial charge in [-0.1, -0.05) is 31.5 Å². The predicted octanol–water partition coefficient (Wildman–Crippen LogP) is 4.93. The van der Waals surface area contributed by atoms with E-state index in [1.54, 1.807) is 60.7 Å². The molecule has 3 aromatic rings. The third-order valence-corrected chi connectivity index (χ3v) is 5.34. The number of hydrogen-bond donors (Lipinski definition) is 1. The number of fused-ring (bicyclic) bond motifs is 1. The molecule has 3 amide bonds. The van der Waals surface area contributed by atoms with Gasteiger partial charge in [-0.25, -0.2) is 4.90 Å². The average molecular weight is 444 g/mol. The number of benzene rings is 3. The number of anilines is 2. The van der Waals surface area contributed by atoms with Crippen LogP contribution in [-0.2, 0) is 0 Å². The van der Waals surface area contributed by atoms with Gasteiger partial charge in [0.05, 0.1) is 30.5 Å². The van der Waals surface area contributed by atoms with Gasteiger partial charge in [0.25, 0.3) is 17.7 Å². The lowest BCUT2D eigenvalue weighted by atomic mass is 10.1. The maximum absolute atomic E-state index is 12.8. The highest BCUT2D eigenvalue weighted by Crippen LogP contribution is 2.36. The van der Waals surface area contributed by atoms with Crippen molar-refractivity contribution in [1.29, 1.82) is 0 Å². The Labute approximate surface area is 191 Å². The van der Waals surface area contributed by atoms with Gasteiger partial charge in [-0.3, -0.25) is 14.4 Å². The molecule has 7 nitrogen and oxygen atoms in total. The highest BCUT2D eigenvalue weighted by Gasteiger charge is 2.37. The zero-order valence-corrected chi connectivity index (χ0v) is 18.5. The van der Waals surface area contributed by atoms with Crippen LogP contribution in [0.25, 0.3) is 0 Å². The standard InChI is InChI=1S/C26H24N2O5/c1-3-4-14-33-19-9-7-8-17(15-19)24(29)27-18-12-13-22(23(16-18)32-2)28-25(30)20-10-5-6-11-21(20)26(28)31/h5-13,15-16H,3-4,14H2,1-2H3,(H,27,29). The molecular weight excluding hydrogens is 420 g/mol. The van der Waals surface area contributed by atoms with E-state index in [1.807, 2.05) is 6.07 Å². The molecule has 0 atom stereocenters. The highest BCUT2D eigenvalue weighted by atomic mass is 16.5. The molecular formula is C26H24N2O5. The van der Waals surface area contributed by atoms with Gasteiger partial charge in [0.1, 0.15) is 11.5 Å². The summed E-state index contributed by atoms with van der Waals surface area (Å²) in [5, 5.41) is 2.82. The second-order valence-electron chi connectivity index (χ2n) is 7.56. The number of nitrogens with one attached hydrogen (secondary N) is 1. The van der Waals surface area contributed by atoms with E-state index < -0.39 is 11.8 Å². The van der Waals surface area contributed by atoms with Crippen molar-refractivity contribution in [2.75, 3.05) is 23.9 Å². The number of methoxy groups -OCH3 is 1. The summed E-state index contributed by atoms with van der Waals surface area (Å²) in [7, 11) is 1.44. The molecule has 0 aliphatic carbocycles. The number of nitrogens with zero attached hydrogens (tertiary/aromatic N) is 1. The Morgan fingerprint density at radius 3 is 2.33 bits per heavy atom. The molecule has 4 rings (SSSR count). The van der Waals surface area contributed by atoms with Crippen molar-refractivity contribution in [2.45, 2.75) is 19.8 Å². The third-order valence-electron chi connectivity index (χ3n) is 5.34. The van der Waals surface area contributed by atoms with E-state index in [0.717, 1.165) is 17.7 Å². The first-order chi connectivity index (χ1) is 16.0. The molecule has 1 aliphatic heterocycles. The number of unbranched alkanes of at least 4 members (excludes halogenated alkanes) is 1. The summed E-state index contributed by atoms with van der Waals surface area (Å²) >= 11 is 0. The quantitative estimate of drug-likeness (QED) is 0.393. The molecule has 7 heteroatoms. The van der Waals surface area contributed by atoms with Crippen LogP contribution in [0.3, 0.4) is 0 Å². The van der Waals surface area contributed by atoms with Crippen LogP contribution in [0.1, 0.15) is 50.8 Å². The summed E-state index contributed by atoms with van der Waals surface area (Å²) in [6.45, 7) is 2.68. The SMILES string of the molecule is CCCCOc1cccc(C(=O)Nc2ccc(N3C(=O)c4ccccc4C3=O)c(OC)c2)c1. The lowest BCUT2D eigenvalue weighted by molar-refractivity contribution is 0.0923. The zero-order chi connectivity index (χ0) is 23.4. The summed E-state index contributed by atoms with van der Waals surface area (Å²) in [4.78, 5) is 39.5. The minimum atomic E-state index is -0.412. The zero-order valence-electron chi connectivity index (χ0n) is 18.5. The summed E-state index contributed by atoms with van der Waals surface area (Å²) in [5.74, 6) is -0.212. The fourth-order valence-corrected chi connectivity index (χ4v) is 3.61. The minimum absolute atomic E-state index is 0.291. The largest absolute Gasteiger partial charge is 0.494 e. The highest BCUT2D eigenvalue weighted by molar-refractivity contribution is 6.34. The van der Waals surface area contributed by atoms with Crippen molar-refractivity contribution in [3.8, 4) is 11.5 Å². The van der Waals surface area contributed by atoms with Gasteiger partial charge in [-0.2, -0.15) is 0 Å². The molecule has 0 radical (unpaired) electrons. The third kappa shape index (κ3) is 4.43. The van der Waals surface area contributed by atoms with Crippen molar-refractivity contribution in [1.82, 2.24) is 0 Å². The maximum Gasteiger partial charge on any atom is 0.266 e. The van der Waals surface area contributed by atoms with Crippen LogP contribution in [0.2, 0.25) is 0 Å². The number of ether oxygens (including phenoxy) is 2. The first-order valence-electron chi connectivity index (χ1n) is 10.7. The second-order valence-corrected chi connectivity index (χ2v) is 7.56. The van der Waals surface area contributed by atoms with E-state index >= 15 is 0 Å². The predicted molar refractivity (Wildman–Crippen MR) is 125 cm³/mol. The van der Waals surface area contributed by atoms with Crippen molar-refractivity contribution >= 4 is 29.1 Å². The summed E-state index contributed by atoms with van der Waals surface area (Å²) in [5.41, 5.74) is 1.93. The molecule has 1 heterocycles. The number of rotatable bonds is 8. The fraction of sp³-hybridized carbons (Fsp3) is 0.192. The van der Waals surface area contributed by atoms with E-state index in [4.69, 9.17) is 9.47 Å². The first kappa shape index (κ1) is 22.1. The van der Waals surface area contributed by atoms with E-state index in [-0.39, 0.29) is 5.91 Å². The van der Waals surface area contributed by atoms with Gasteiger partial charge in [0.2, 0.25) is 0 Å². The van der Waals surface area contributed by atoms with Gasteiger partial charge in [0.15, 0.2) is 0 Å². The molecule has 0 bridgehead atoms. The molecule has 1 N–H and O–H groups in total. The minimum Gasteiger partial charge on any atom is -0.494 e. The van der Waals surface area contributed by atoms with Crippen LogP contribution >= 0.6 is 0 Å². The van der Waals surface area contributed by atoms with E-state index in [2.05, 4.69) is 12.2 Å². The number of carbonyl (C=O) groups excluding carboxylic acids is 3. The Hall–Kier alpha value is -4.13. The molecule has 3 aromatic carbocycles. The lowest BCUT2D eigenvalue weighted by Gasteiger charge is -2.18. The molecule has 0 unspecified atom stereocenters. The van der Waals surface area contributed by atoms with Crippen molar-refractivity contribution in [3.05, 3.63) is 83.4 Å². The molecule has 168 valence electrons. The average Bonchev–Trinajstić information content (AvgIpc) is 3.09.